The highest BCUT2D eigenvalue weighted by atomic mass is 79.9. The Balaban J connectivity index is 2.35. The summed E-state index contributed by atoms with van der Waals surface area (Å²) in [5, 5.41) is 14.3. The van der Waals surface area contributed by atoms with E-state index < -0.39 is 5.92 Å². The van der Waals surface area contributed by atoms with Gasteiger partial charge < -0.3 is 0 Å². The van der Waals surface area contributed by atoms with Gasteiger partial charge in [-0.05, 0) is 35.0 Å². The standard InChI is InChI=1S/C12H10BrN3O/c1-8-9(6-7-14)12(17)16(15-8)11-5-3-2-4-10(11)13/h2-5,9H,6H2,1H3. The molecule has 0 radical (unpaired) electrons. The summed E-state index contributed by atoms with van der Waals surface area (Å²) in [6.45, 7) is 1.77. The molecule has 1 atom stereocenters. The van der Waals surface area contributed by atoms with E-state index in [1.54, 1.807) is 6.92 Å². The number of hydrogen-bond acceptors (Lipinski definition) is 3. The van der Waals surface area contributed by atoms with E-state index in [0.717, 1.165) is 4.47 Å². The van der Waals surface area contributed by atoms with E-state index in [1.165, 1.54) is 5.01 Å². The molecule has 4 nitrogen and oxygen atoms in total. The molecule has 1 aromatic rings. The highest BCUT2D eigenvalue weighted by Gasteiger charge is 2.34. The van der Waals surface area contributed by atoms with Gasteiger partial charge in [0.25, 0.3) is 5.91 Å². The molecule has 0 N–H and O–H groups in total. The third kappa shape index (κ3) is 2.08. The summed E-state index contributed by atoms with van der Waals surface area (Å²) in [5.41, 5.74) is 1.39. The Hall–Kier alpha value is -1.67. The Kier molecular flexibility index (Phi) is 3.25. The van der Waals surface area contributed by atoms with Gasteiger partial charge in [-0.1, -0.05) is 12.1 Å². The largest absolute Gasteiger partial charge is 0.272 e. The minimum absolute atomic E-state index is 0.143. The van der Waals surface area contributed by atoms with E-state index in [2.05, 4.69) is 21.0 Å². The minimum Gasteiger partial charge on any atom is -0.272 e. The third-order valence-electron chi connectivity index (χ3n) is 2.64. The molecule has 0 fully saturated rings. The first-order valence-corrected chi connectivity index (χ1v) is 5.95. The smallest absolute Gasteiger partial charge is 0.257 e. The molecule has 86 valence electrons. The first kappa shape index (κ1) is 11.8. The molecule has 5 heteroatoms. The van der Waals surface area contributed by atoms with Crippen molar-refractivity contribution in [3.05, 3.63) is 28.7 Å². The molecule has 0 bridgehead atoms. The van der Waals surface area contributed by atoms with Crippen molar-refractivity contribution in [3.63, 3.8) is 0 Å². The number of rotatable bonds is 2. The summed E-state index contributed by atoms with van der Waals surface area (Å²) in [4.78, 5) is 12.1. The number of hydrogen-bond donors (Lipinski definition) is 0. The summed E-state index contributed by atoms with van der Waals surface area (Å²) in [5.74, 6) is -0.553. The van der Waals surface area contributed by atoms with Crippen LogP contribution in [0, 0.1) is 17.2 Å². The Morgan fingerprint density at radius 3 is 2.88 bits per heavy atom. The van der Waals surface area contributed by atoms with E-state index in [1.807, 2.05) is 30.3 Å². The molecule has 1 amide bonds. The first-order chi connectivity index (χ1) is 8.15. The summed E-state index contributed by atoms with van der Waals surface area (Å²) in [7, 11) is 0. The molecule has 0 saturated carbocycles. The molecule has 1 aliphatic heterocycles. The number of anilines is 1. The number of carbonyl (C=O) groups excluding carboxylic acids is 1. The number of carbonyl (C=O) groups is 1. The van der Waals surface area contributed by atoms with E-state index >= 15 is 0 Å². The average Bonchev–Trinajstić information content (AvgIpc) is 2.58. The van der Waals surface area contributed by atoms with Crippen molar-refractivity contribution in [1.29, 1.82) is 5.26 Å². The zero-order chi connectivity index (χ0) is 12.4. The van der Waals surface area contributed by atoms with Gasteiger partial charge in [0.2, 0.25) is 0 Å². The van der Waals surface area contributed by atoms with Crippen LogP contribution < -0.4 is 5.01 Å². The van der Waals surface area contributed by atoms with Crippen LogP contribution in [-0.2, 0) is 4.79 Å². The second kappa shape index (κ2) is 4.68. The number of hydrazone groups is 1. The zero-order valence-corrected chi connectivity index (χ0v) is 10.8. The third-order valence-corrected chi connectivity index (χ3v) is 3.32. The van der Waals surface area contributed by atoms with Crippen molar-refractivity contribution in [1.82, 2.24) is 0 Å². The quantitative estimate of drug-likeness (QED) is 0.841. The van der Waals surface area contributed by atoms with Gasteiger partial charge in [-0.15, -0.1) is 0 Å². The lowest BCUT2D eigenvalue weighted by molar-refractivity contribution is -0.119. The average molecular weight is 292 g/mol. The maximum atomic E-state index is 12.1. The summed E-state index contributed by atoms with van der Waals surface area (Å²) in [6.07, 6.45) is 0.176. The predicted molar refractivity (Wildman–Crippen MR) is 68.5 cm³/mol. The van der Waals surface area contributed by atoms with Crippen LogP contribution in [0.2, 0.25) is 0 Å². The number of nitrogens with zero attached hydrogens (tertiary/aromatic N) is 3. The van der Waals surface area contributed by atoms with Gasteiger partial charge in [0, 0.05) is 10.2 Å². The van der Waals surface area contributed by atoms with Crippen molar-refractivity contribution < 1.29 is 4.79 Å². The predicted octanol–water partition coefficient (Wildman–Crippen LogP) is 2.70. The number of para-hydroxylation sites is 1. The molecular weight excluding hydrogens is 282 g/mol. The van der Waals surface area contributed by atoms with Crippen LogP contribution >= 0.6 is 15.9 Å². The maximum absolute atomic E-state index is 12.1. The first-order valence-electron chi connectivity index (χ1n) is 5.15. The van der Waals surface area contributed by atoms with Crippen molar-refractivity contribution in [2.75, 3.05) is 5.01 Å². The number of halogens is 1. The van der Waals surface area contributed by atoms with Crippen molar-refractivity contribution in [2.45, 2.75) is 13.3 Å². The topological polar surface area (TPSA) is 56.5 Å². The molecule has 2 rings (SSSR count). The Labute approximate surface area is 108 Å². The molecule has 17 heavy (non-hydrogen) atoms. The second-order valence-electron chi connectivity index (χ2n) is 3.76. The van der Waals surface area contributed by atoms with Crippen LogP contribution in [0.1, 0.15) is 13.3 Å². The molecule has 0 aliphatic carbocycles. The second-order valence-corrected chi connectivity index (χ2v) is 4.61. The van der Waals surface area contributed by atoms with Gasteiger partial charge in [-0.2, -0.15) is 15.4 Å². The lowest BCUT2D eigenvalue weighted by atomic mass is 10.0. The highest BCUT2D eigenvalue weighted by molar-refractivity contribution is 9.10. The van der Waals surface area contributed by atoms with Crippen molar-refractivity contribution >= 4 is 33.2 Å². The SMILES string of the molecule is CC1=NN(c2ccccc2Br)C(=O)C1CC#N. The van der Waals surface area contributed by atoms with Gasteiger partial charge in [0.05, 0.1) is 24.1 Å². The fraction of sp³-hybridized carbons (Fsp3) is 0.250. The van der Waals surface area contributed by atoms with Gasteiger partial charge in [0.1, 0.15) is 0 Å². The van der Waals surface area contributed by atoms with Gasteiger partial charge >= 0.3 is 0 Å². The highest BCUT2D eigenvalue weighted by Crippen LogP contribution is 2.31. The van der Waals surface area contributed by atoms with Gasteiger partial charge in [-0.3, -0.25) is 4.79 Å². The number of benzene rings is 1. The van der Waals surface area contributed by atoms with Crippen LogP contribution in [0.25, 0.3) is 0 Å². The summed E-state index contributed by atoms with van der Waals surface area (Å²) < 4.78 is 0.808. The van der Waals surface area contributed by atoms with E-state index in [4.69, 9.17) is 5.26 Å². The van der Waals surface area contributed by atoms with E-state index in [9.17, 15) is 4.79 Å². The summed E-state index contributed by atoms with van der Waals surface area (Å²) in [6, 6.07) is 9.40. The van der Waals surface area contributed by atoms with Crippen LogP contribution in [0.5, 0.6) is 0 Å². The molecular formula is C12H10BrN3O. The minimum atomic E-state index is -0.410. The van der Waals surface area contributed by atoms with Crippen LogP contribution in [0.4, 0.5) is 5.69 Å². The summed E-state index contributed by atoms with van der Waals surface area (Å²) >= 11 is 3.38. The van der Waals surface area contributed by atoms with Crippen LogP contribution in [0.15, 0.2) is 33.8 Å². The van der Waals surface area contributed by atoms with Crippen LogP contribution in [0.3, 0.4) is 0 Å². The zero-order valence-electron chi connectivity index (χ0n) is 9.22. The molecule has 0 aromatic heterocycles. The lowest BCUT2D eigenvalue weighted by Crippen LogP contribution is -2.27. The Morgan fingerprint density at radius 1 is 1.53 bits per heavy atom. The molecule has 1 aliphatic rings. The fourth-order valence-corrected chi connectivity index (χ4v) is 2.18. The molecule has 1 heterocycles. The molecule has 1 aromatic carbocycles. The van der Waals surface area contributed by atoms with Crippen LogP contribution in [-0.4, -0.2) is 11.6 Å². The van der Waals surface area contributed by atoms with Gasteiger partial charge in [-0.25, -0.2) is 0 Å². The fourth-order valence-electron chi connectivity index (χ4n) is 1.73. The Morgan fingerprint density at radius 2 is 2.24 bits per heavy atom. The van der Waals surface area contributed by atoms with Crippen molar-refractivity contribution in [3.8, 4) is 6.07 Å². The van der Waals surface area contributed by atoms with Crippen molar-refractivity contribution in [2.24, 2.45) is 11.0 Å². The Bertz CT molecular complexity index is 533. The van der Waals surface area contributed by atoms with E-state index in [-0.39, 0.29) is 12.3 Å². The number of amides is 1. The molecule has 0 spiro atoms. The monoisotopic (exact) mass is 291 g/mol. The lowest BCUT2D eigenvalue weighted by Gasteiger charge is -2.14. The van der Waals surface area contributed by atoms with E-state index in [0.29, 0.717) is 11.4 Å². The maximum Gasteiger partial charge on any atom is 0.257 e. The van der Waals surface area contributed by atoms with Gasteiger partial charge in [0.15, 0.2) is 0 Å². The molecule has 1 unspecified atom stereocenters. The molecule has 0 saturated heterocycles. The number of nitriles is 1. The normalized spacial score (nSPS) is 19.1.